The van der Waals surface area contributed by atoms with Crippen LogP contribution < -0.4 is 0 Å². The van der Waals surface area contributed by atoms with E-state index in [9.17, 15) is 0 Å². The van der Waals surface area contributed by atoms with Gasteiger partial charge in [-0.05, 0) is 60.4 Å². The van der Waals surface area contributed by atoms with Gasteiger partial charge in [0.15, 0.2) is 0 Å². The number of rotatable bonds is 2. The van der Waals surface area contributed by atoms with Crippen molar-refractivity contribution in [3.05, 3.63) is 84.2 Å². The van der Waals surface area contributed by atoms with Gasteiger partial charge in [0.25, 0.3) is 0 Å². The van der Waals surface area contributed by atoms with Gasteiger partial charge in [0, 0.05) is 28.7 Å². The highest BCUT2D eigenvalue weighted by molar-refractivity contribution is 6.10. The monoisotopic (exact) mass is 350 g/mol. The first-order chi connectivity index (χ1) is 13.2. The molecule has 0 unspecified atom stereocenters. The lowest BCUT2D eigenvalue weighted by molar-refractivity contribution is 0.655. The number of hydrogen-bond donors (Lipinski definition) is 0. The van der Waals surface area contributed by atoms with Crippen molar-refractivity contribution in [1.29, 1.82) is 0 Å². The fraction of sp³-hybridized carbons (Fsp3) is 0.0833. The quantitative estimate of drug-likeness (QED) is 0.373. The maximum absolute atomic E-state index is 6.14. The molecule has 2 aromatic carbocycles. The van der Waals surface area contributed by atoms with Crippen molar-refractivity contribution < 1.29 is 4.42 Å². The van der Waals surface area contributed by atoms with Crippen LogP contribution >= 0.6 is 0 Å². The number of hydrogen-bond acceptors (Lipinski definition) is 3. The lowest BCUT2D eigenvalue weighted by atomic mass is 9.98. The molecule has 0 N–H and O–H groups in total. The van der Waals surface area contributed by atoms with Gasteiger partial charge in [0.05, 0.1) is 5.69 Å². The van der Waals surface area contributed by atoms with Gasteiger partial charge < -0.3 is 4.42 Å². The normalized spacial score (nSPS) is 11.3. The van der Waals surface area contributed by atoms with E-state index in [4.69, 9.17) is 9.40 Å². The third-order valence-corrected chi connectivity index (χ3v) is 5.07. The minimum atomic E-state index is 0.665. The first kappa shape index (κ1) is 15.8. The second-order valence-corrected chi connectivity index (χ2v) is 6.84. The van der Waals surface area contributed by atoms with E-state index >= 15 is 0 Å². The molecule has 130 valence electrons. The summed E-state index contributed by atoms with van der Waals surface area (Å²) in [6.07, 6.45) is 3.70. The Kier molecular flexibility index (Phi) is 3.54. The van der Waals surface area contributed by atoms with Gasteiger partial charge in [0.1, 0.15) is 5.58 Å². The molecule has 5 aromatic rings. The highest BCUT2D eigenvalue weighted by Crippen LogP contribution is 2.37. The fourth-order valence-electron chi connectivity index (χ4n) is 3.68. The van der Waals surface area contributed by atoms with Crippen LogP contribution in [-0.4, -0.2) is 9.97 Å². The zero-order valence-corrected chi connectivity index (χ0v) is 15.2. The summed E-state index contributed by atoms with van der Waals surface area (Å²) < 4.78 is 6.14. The number of benzene rings is 2. The van der Waals surface area contributed by atoms with Gasteiger partial charge in [-0.2, -0.15) is 0 Å². The van der Waals surface area contributed by atoms with Crippen molar-refractivity contribution in [1.82, 2.24) is 9.97 Å². The van der Waals surface area contributed by atoms with E-state index < -0.39 is 0 Å². The molecule has 0 saturated carbocycles. The van der Waals surface area contributed by atoms with E-state index in [1.807, 2.05) is 18.3 Å². The summed E-state index contributed by atoms with van der Waals surface area (Å²) in [5.41, 5.74) is 8.11. The highest BCUT2D eigenvalue weighted by atomic mass is 16.3. The van der Waals surface area contributed by atoms with E-state index in [0.29, 0.717) is 5.71 Å². The zero-order valence-electron chi connectivity index (χ0n) is 15.2. The summed E-state index contributed by atoms with van der Waals surface area (Å²) in [5.74, 6) is 0. The first-order valence-electron chi connectivity index (χ1n) is 9.01. The molecule has 0 aliphatic carbocycles. The molecule has 0 bridgehead atoms. The molecule has 0 spiro atoms. The van der Waals surface area contributed by atoms with E-state index in [2.05, 4.69) is 67.4 Å². The van der Waals surface area contributed by atoms with Crippen LogP contribution in [0.25, 0.3) is 44.5 Å². The maximum Gasteiger partial charge on any atom is 0.227 e. The summed E-state index contributed by atoms with van der Waals surface area (Å²) in [7, 11) is 0. The maximum atomic E-state index is 6.14. The van der Waals surface area contributed by atoms with Crippen molar-refractivity contribution in [2.75, 3.05) is 0 Å². The number of furan rings is 1. The van der Waals surface area contributed by atoms with Gasteiger partial charge in [-0.25, -0.2) is 4.98 Å². The molecular weight excluding hydrogens is 332 g/mol. The van der Waals surface area contributed by atoms with E-state index in [1.54, 1.807) is 6.20 Å². The van der Waals surface area contributed by atoms with E-state index in [1.165, 1.54) is 16.7 Å². The Labute approximate surface area is 157 Å². The molecule has 0 aliphatic heterocycles. The molecule has 0 aliphatic rings. The molecule has 3 aromatic heterocycles. The molecule has 27 heavy (non-hydrogen) atoms. The van der Waals surface area contributed by atoms with Crippen LogP contribution in [-0.2, 0) is 0 Å². The van der Waals surface area contributed by atoms with Crippen LogP contribution in [0, 0.1) is 13.8 Å². The summed E-state index contributed by atoms with van der Waals surface area (Å²) in [6, 6.07) is 20.8. The van der Waals surface area contributed by atoms with Gasteiger partial charge in [-0.15, -0.1) is 0 Å². The summed E-state index contributed by atoms with van der Waals surface area (Å²) in [6.45, 7) is 4.20. The Bertz CT molecular complexity index is 1290. The topological polar surface area (TPSA) is 38.9 Å². The van der Waals surface area contributed by atoms with E-state index in [0.717, 1.165) is 33.2 Å². The Balaban J connectivity index is 1.79. The fourth-order valence-corrected chi connectivity index (χ4v) is 3.68. The van der Waals surface area contributed by atoms with Crippen LogP contribution in [0.3, 0.4) is 0 Å². The smallest absolute Gasteiger partial charge is 0.227 e. The molecular formula is C24H18N2O. The Morgan fingerprint density at radius 2 is 1.63 bits per heavy atom. The SMILES string of the molecule is Cc1cnc(-c2ccc(C)c3c2oc2ncccc23)cc1-c1ccccc1. The number of aromatic nitrogens is 2. The van der Waals surface area contributed by atoms with Crippen molar-refractivity contribution >= 4 is 22.1 Å². The van der Waals surface area contributed by atoms with Gasteiger partial charge in [-0.3, -0.25) is 4.98 Å². The lowest BCUT2D eigenvalue weighted by Crippen LogP contribution is -1.90. The van der Waals surface area contributed by atoms with Crippen LogP contribution in [0.2, 0.25) is 0 Å². The lowest BCUT2D eigenvalue weighted by Gasteiger charge is -2.10. The molecule has 0 radical (unpaired) electrons. The second-order valence-electron chi connectivity index (χ2n) is 6.84. The largest absolute Gasteiger partial charge is 0.437 e. The standard InChI is InChI=1S/C24H18N2O/c1-15-10-11-18(23-22(15)19-9-6-12-25-24(19)27-23)21-13-20(16(2)14-26-21)17-7-4-3-5-8-17/h3-14H,1-2H3. The number of pyridine rings is 2. The average Bonchev–Trinajstić information content (AvgIpc) is 3.10. The Morgan fingerprint density at radius 3 is 2.48 bits per heavy atom. The molecule has 3 heteroatoms. The predicted octanol–water partition coefficient (Wildman–Crippen LogP) is 6.33. The van der Waals surface area contributed by atoms with Crippen LogP contribution in [0.15, 0.2) is 77.5 Å². The van der Waals surface area contributed by atoms with Crippen LogP contribution in [0.4, 0.5) is 0 Å². The van der Waals surface area contributed by atoms with Crippen molar-refractivity contribution in [3.8, 4) is 22.4 Å². The third-order valence-electron chi connectivity index (χ3n) is 5.07. The minimum Gasteiger partial charge on any atom is -0.437 e. The average molecular weight is 350 g/mol. The molecule has 0 amide bonds. The number of nitrogens with zero attached hydrogens (tertiary/aromatic N) is 2. The van der Waals surface area contributed by atoms with Gasteiger partial charge >= 0.3 is 0 Å². The van der Waals surface area contributed by atoms with Crippen molar-refractivity contribution in [2.24, 2.45) is 0 Å². The van der Waals surface area contributed by atoms with Crippen molar-refractivity contribution in [3.63, 3.8) is 0 Å². The molecule has 0 saturated heterocycles. The van der Waals surface area contributed by atoms with Gasteiger partial charge in [0.2, 0.25) is 5.71 Å². The zero-order chi connectivity index (χ0) is 18.4. The van der Waals surface area contributed by atoms with Crippen molar-refractivity contribution in [2.45, 2.75) is 13.8 Å². The first-order valence-corrected chi connectivity index (χ1v) is 9.01. The molecule has 5 rings (SSSR count). The van der Waals surface area contributed by atoms with E-state index in [-0.39, 0.29) is 0 Å². The number of aryl methyl sites for hydroxylation is 2. The summed E-state index contributed by atoms with van der Waals surface area (Å²) in [4.78, 5) is 9.09. The Hall–Kier alpha value is -3.46. The Morgan fingerprint density at radius 1 is 0.778 bits per heavy atom. The second kappa shape index (κ2) is 6.06. The van der Waals surface area contributed by atoms with Crippen LogP contribution in [0.5, 0.6) is 0 Å². The molecule has 3 nitrogen and oxygen atoms in total. The highest BCUT2D eigenvalue weighted by Gasteiger charge is 2.16. The molecule has 0 atom stereocenters. The van der Waals surface area contributed by atoms with Gasteiger partial charge in [-0.1, -0.05) is 36.4 Å². The minimum absolute atomic E-state index is 0.665. The van der Waals surface area contributed by atoms with Crippen LogP contribution in [0.1, 0.15) is 11.1 Å². The third kappa shape index (κ3) is 2.51. The summed E-state index contributed by atoms with van der Waals surface area (Å²) >= 11 is 0. The number of fused-ring (bicyclic) bond motifs is 3. The molecule has 3 heterocycles. The molecule has 0 fully saturated rings. The summed E-state index contributed by atoms with van der Waals surface area (Å²) in [5, 5.41) is 2.15. The predicted molar refractivity (Wildman–Crippen MR) is 110 cm³/mol.